The van der Waals surface area contributed by atoms with E-state index in [1.165, 1.54) is 5.56 Å². The Balaban J connectivity index is 1.97. The lowest BCUT2D eigenvalue weighted by Crippen LogP contribution is -2.45. The summed E-state index contributed by atoms with van der Waals surface area (Å²) in [6.07, 6.45) is 2.59. The van der Waals surface area contributed by atoms with Crippen molar-refractivity contribution in [3.8, 4) is 6.07 Å². The first-order chi connectivity index (χ1) is 13.6. The molecule has 1 amide bonds. The maximum atomic E-state index is 12.6. The highest BCUT2D eigenvalue weighted by molar-refractivity contribution is 6.32. The number of amides is 1. The number of para-hydroxylation sites is 1. The number of nitriles is 1. The van der Waals surface area contributed by atoms with Gasteiger partial charge in [0.15, 0.2) is 0 Å². The van der Waals surface area contributed by atoms with Crippen LogP contribution in [0.3, 0.4) is 0 Å². The molecule has 0 radical (unpaired) electrons. The minimum absolute atomic E-state index is 0.0206. The van der Waals surface area contributed by atoms with Crippen LogP contribution in [0, 0.1) is 18.3 Å². The van der Waals surface area contributed by atoms with Crippen LogP contribution in [0.4, 0.5) is 11.4 Å². The van der Waals surface area contributed by atoms with E-state index in [1.807, 2.05) is 49.4 Å². The summed E-state index contributed by atoms with van der Waals surface area (Å²) < 4.78 is 0. The monoisotopic (exact) mass is 407 g/mol. The van der Waals surface area contributed by atoms with Crippen molar-refractivity contribution >= 4 is 35.0 Å². The zero-order valence-corrected chi connectivity index (χ0v) is 18.3. The maximum absolute atomic E-state index is 12.6. The Hall–Kier alpha value is -2.77. The summed E-state index contributed by atoms with van der Waals surface area (Å²) in [6.45, 7) is 8.55. The Morgan fingerprint density at radius 3 is 2.69 bits per heavy atom. The molecule has 1 aliphatic rings. The van der Waals surface area contributed by atoms with Crippen molar-refractivity contribution in [2.45, 2.75) is 45.6 Å². The van der Waals surface area contributed by atoms with E-state index < -0.39 is 5.91 Å². The summed E-state index contributed by atoms with van der Waals surface area (Å²) in [4.78, 5) is 14.9. The van der Waals surface area contributed by atoms with Gasteiger partial charge in [0.1, 0.15) is 11.6 Å². The lowest BCUT2D eigenvalue weighted by molar-refractivity contribution is -0.112. The summed E-state index contributed by atoms with van der Waals surface area (Å²) in [5.41, 5.74) is 4.64. The molecule has 4 nitrogen and oxygen atoms in total. The predicted molar refractivity (Wildman–Crippen MR) is 120 cm³/mol. The Labute approximate surface area is 177 Å². The normalized spacial score (nSPS) is 18.0. The van der Waals surface area contributed by atoms with Gasteiger partial charge in [-0.25, -0.2) is 0 Å². The molecular weight excluding hydrogens is 382 g/mol. The molecule has 2 aromatic rings. The van der Waals surface area contributed by atoms with Gasteiger partial charge in [0.25, 0.3) is 5.91 Å². The molecule has 5 heteroatoms. The van der Waals surface area contributed by atoms with E-state index >= 15 is 0 Å². The number of hydrogen-bond acceptors (Lipinski definition) is 3. The SMILES string of the molecule is Cc1ccccc1NC(=O)/C(C#N)=C\c1cc2c(cc1Cl)N(C)C(C)(C)C[C@H]2C. The predicted octanol–water partition coefficient (Wildman–Crippen LogP) is 5.92. The van der Waals surface area contributed by atoms with Crippen LogP contribution in [0.1, 0.15) is 49.8 Å². The fourth-order valence-electron chi connectivity index (χ4n) is 3.92. The first-order valence-electron chi connectivity index (χ1n) is 9.70. The third kappa shape index (κ3) is 4.16. The minimum Gasteiger partial charge on any atom is -0.369 e. The van der Waals surface area contributed by atoms with Crippen LogP contribution >= 0.6 is 11.6 Å². The molecule has 0 spiro atoms. The number of nitrogens with zero attached hydrogens (tertiary/aromatic N) is 2. The summed E-state index contributed by atoms with van der Waals surface area (Å²) >= 11 is 6.55. The molecule has 29 heavy (non-hydrogen) atoms. The van der Waals surface area contributed by atoms with E-state index in [0.717, 1.165) is 17.7 Å². The zero-order valence-electron chi connectivity index (χ0n) is 17.5. The number of carbonyl (C=O) groups excluding carboxylic acids is 1. The summed E-state index contributed by atoms with van der Waals surface area (Å²) in [7, 11) is 2.08. The molecule has 0 bridgehead atoms. The van der Waals surface area contributed by atoms with Crippen molar-refractivity contribution in [3.05, 3.63) is 63.7 Å². The van der Waals surface area contributed by atoms with Gasteiger partial charge in [0.05, 0.1) is 0 Å². The third-order valence-electron chi connectivity index (χ3n) is 5.81. The van der Waals surface area contributed by atoms with Gasteiger partial charge in [-0.05, 0) is 74.1 Å². The molecule has 0 saturated carbocycles. The second kappa shape index (κ2) is 7.93. The van der Waals surface area contributed by atoms with E-state index in [-0.39, 0.29) is 11.1 Å². The number of nitrogens with one attached hydrogen (secondary N) is 1. The van der Waals surface area contributed by atoms with Crippen LogP contribution in [0.2, 0.25) is 5.02 Å². The largest absolute Gasteiger partial charge is 0.369 e. The zero-order chi connectivity index (χ0) is 21.3. The Kier molecular flexibility index (Phi) is 5.73. The van der Waals surface area contributed by atoms with Crippen LogP contribution < -0.4 is 10.2 Å². The van der Waals surface area contributed by atoms with Gasteiger partial charge in [-0.1, -0.05) is 36.7 Å². The minimum atomic E-state index is -0.443. The topological polar surface area (TPSA) is 56.1 Å². The lowest BCUT2D eigenvalue weighted by atomic mass is 9.80. The first kappa shape index (κ1) is 21.0. The molecular formula is C24H26ClN3O. The van der Waals surface area contributed by atoms with Gasteiger partial charge < -0.3 is 10.2 Å². The van der Waals surface area contributed by atoms with Crippen LogP contribution in [0.25, 0.3) is 6.08 Å². The van der Waals surface area contributed by atoms with Gasteiger partial charge >= 0.3 is 0 Å². The van der Waals surface area contributed by atoms with Gasteiger partial charge in [0.2, 0.25) is 0 Å². The smallest absolute Gasteiger partial charge is 0.266 e. The number of aryl methyl sites for hydroxylation is 1. The molecule has 1 aliphatic heterocycles. The second-order valence-electron chi connectivity index (χ2n) is 8.35. The molecule has 150 valence electrons. The number of benzene rings is 2. The number of rotatable bonds is 3. The van der Waals surface area contributed by atoms with Gasteiger partial charge in [0, 0.05) is 29.0 Å². The van der Waals surface area contributed by atoms with Crippen molar-refractivity contribution in [2.24, 2.45) is 0 Å². The number of halogens is 1. The Morgan fingerprint density at radius 2 is 2.03 bits per heavy atom. The Morgan fingerprint density at radius 1 is 1.34 bits per heavy atom. The summed E-state index contributed by atoms with van der Waals surface area (Å²) in [5, 5.41) is 12.9. The number of carbonyl (C=O) groups is 1. The van der Waals surface area contributed by atoms with Crippen LogP contribution in [0.5, 0.6) is 0 Å². The van der Waals surface area contributed by atoms with Crippen molar-refractivity contribution in [1.29, 1.82) is 5.26 Å². The number of fused-ring (bicyclic) bond motifs is 1. The fraction of sp³-hybridized carbons (Fsp3) is 0.333. The van der Waals surface area contributed by atoms with Crippen molar-refractivity contribution in [1.82, 2.24) is 0 Å². The van der Waals surface area contributed by atoms with Gasteiger partial charge in [-0.3, -0.25) is 4.79 Å². The van der Waals surface area contributed by atoms with Crippen LogP contribution in [-0.2, 0) is 4.79 Å². The van der Waals surface area contributed by atoms with Gasteiger partial charge in [-0.15, -0.1) is 0 Å². The van der Waals surface area contributed by atoms with Crippen LogP contribution in [-0.4, -0.2) is 18.5 Å². The molecule has 1 atom stereocenters. The van der Waals surface area contributed by atoms with E-state index in [2.05, 4.69) is 38.0 Å². The van der Waals surface area contributed by atoms with E-state index in [9.17, 15) is 10.1 Å². The molecule has 0 aromatic heterocycles. The molecule has 0 saturated heterocycles. The molecule has 2 aromatic carbocycles. The van der Waals surface area contributed by atoms with Crippen molar-refractivity contribution in [3.63, 3.8) is 0 Å². The summed E-state index contributed by atoms with van der Waals surface area (Å²) in [6, 6.07) is 13.4. The first-order valence-corrected chi connectivity index (χ1v) is 10.1. The molecule has 1 N–H and O–H groups in total. The molecule has 0 aliphatic carbocycles. The molecule has 3 rings (SSSR count). The van der Waals surface area contributed by atoms with E-state index in [4.69, 9.17) is 11.6 Å². The Bertz CT molecular complexity index is 1030. The molecule has 1 heterocycles. The quantitative estimate of drug-likeness (QED) is 0.507. The fourth-order valence-corrected chi connectivity index (χ4v) is 4.13. The summed E-state index contributed by atoms with van der Waals surface area (Å²) in [5.74, 6) is -0.0890. The lowest BCUT2D eigenvalue weighted by Gasteiger charge is -2.45. The van der Waals surface area contributed by atoms with E-state index in [0.29, 0.717) is 22.2 Å². The highest BCUT2D eigenvalue weighted by Crippen LogP contribution is 2.44. The average Bonchev–Trinajstić information content (AvgIpc) is 2.66. The van der Waals surface area contributed by atoms with Crippen molar-refractivity contribution < 1.29 is 4.79 Å². The van der Waals surface area contributed by atoms with E-state index in [1.54, 1.807) is 6.08 Å². The number of hydrogen-bond donors (Lipinski definition) is 1. The molecule has 0 unspecified atom stereocenters. The second-order valence-corrected chi connectivity index (χ2v) is 8.76. The standard InChI is InChI=1S/C24H26ClN3O/c1-15-8-6-7-9-21(15)27-23(29)18(14-26)10-17-11-19-16(2)13-24(3,4)28(5)22(19)12-20(17)25/h6-12,16H,13H2,1-5H3,(H,27,29)/b18-10-/t16-/m1/s1. The third-order valence-corrected chi connectivity index (χ3v) is 6.14. The van der Waals surface area contributed by atoms with Crippen molar-refractivity contribution in [2.75, 3.05) is 17.3 Å². The number of anilines is 2. The molecule has 0 fully saturated rings. The maximum Gasteiger partial charge on any atom is 0.266 e. The highest BCUT2D eigenvalue weighted by atomic mass is 35.5. The van der Waals surface area contributed by atoms with Crippen LogP contribution in [0.15, 0.2) is 42.0 Å². The highest BCUT2D eigenvalue weighted by Gasteiger charge is 2.34. The average molecular weight is 408 g/mol. The van der Waals surface area contributed by atoms with Gasteiger partial charge in [-0.2, -0.15) is 5.26 Å².